The number of benzene rings is 3. The number of halogens is 2. The Balaban J connectivity index is 1.68. The maximum Gasteiger partial charge on any atom is 0.326 e. The van der Waals surface area contributed by atoms with Gasteiger partial charge in [0, 0.05) is 17.7 Å². The van der Waals surface area contributed by atoms with Crippen LogP contribution in [0.25, 0.3) is 0 Å². The summed E-state index contributed by atoms with van der Waals surface area (Å²) in [6.45, 7) is 0. The molecule has 10 heteroatoms. The number of oxime groups is 1. The number of carboxylic acids is 1. The summed E-state index contributed by atoms with van der Waals surface area (Å²) in [4.78, 5) is 36.7. The summed E-state index contributed by atoms with van der Waals surface area (Å²) in [5.74, 6) is -2.58. The molecule has 3 aromatic carbocycles. The Morgan fingerprint density at radius 2 is 1.50 bits per heavy atom. The quantitative estimate of drug-likeness (QED) is 0.209. The molecular formula is C24H19Cl2N3O5. The van der Waals surface area contributed by atoms with Gasteiger partial charge in [0.1, 0.15) is 6.04 Å². The molecule has 3 rings (SSSR count). The molecule has 3 aromatic rings. The Hall–Kier alpha value is -3.88. The number of carboxylic acid groups (broad SMARTS) is 1. The third kappa shape index (κ3) is 6.12. The minimum absolute atomic E-state index is 0.0425. The monoisotopic (exact) mass is 499 g/mol. The molecule has 0 aliphatic rings. The third-order valence-electron chi connectivity index (χ3n) is 4.81. The van der Waals surface area contributed by atoms with Crippen molar-refractivity contribution in [2.75, 3.05) is 5.32 Å². The largest absolute Gasteiger partial charge is 0.480 e. The van der Waals surface area contributed by atoms with E-state index in [4.69, 9.17) is 23.2 Å². The Kier molecular flexibility index (Phi) is 8.24. The summed E-state index contributed by atoms with van der Waals surface area (Å²) >= 11 is 12.1. The summed E-state index contributed by atoms with van der Waals surface area (Å²) in [5.41, 5.74) is 1.21. The van der Waals surface area contributed by atoms with Crippen molar-refractivity contribution >= 4 is 52.4 Å². The van der Waals surface area contributed by atoms with Crippen LogP contribution in [0.15, 0.2) is 78.0 Å². The summed E-state index contributed by atoms with van der Waals surface area (Å²) in [7, 11) is 0. The first-order chi connectivity index (χ1) is 16.3. The molecule has 0 unspecified atom stereocenters. The maximum absolute atomic E-state index is 12.5. The highest BCUT2D eigenvalue weighted by Crippen LogP contribution is 2.25. The van der Waals surface area contributed by atoms with E-state index in [0.29, 0.717) is 16.8 Å². The second-order valence-corrected chi connectivity index (χ2v) is 7.95. The van der Waals surface area contributed by atoms with E-state index in [2.05, 4.69) is 15.8 Å². The van der Waals surface area contributed by atoms with Gasteiger partial charge in [-0.3, -0.25) is 9.59 Å². The lowest BCUT2D eigenvalue weighted by Crippen LogP contribution is -2.45. The van der Waals surface area contributed by atoms with Gasteiger partial charge in [-0.05, 0) is 29.8 Å². The molecule has 0 heterocycles. The number of nitrogens with zero attached hydrogens (tertiary/aromatic N) is 1. The van der Waals surface area contributed by atoms with Crippen molar-refractivity contribution < 1.29 is 24.7 Å². The molecule has 34 heavy (non-hydrogen) atoms. The molecule has 0 aliphatic heterocycles. The van der Waals surface area contributed by atoms with Gasteiger partial charge in [-0.25, -0.2) is 4.79 Å². The van der Waals surface area contributed by atoms with E-state index < -0.39 is 23.8 Å². The summed E-state index contributed by atoms with van der Waals surface area (Å²) in [6.07, 6.45) is -0.0425. The van der Waals surface area contributed by atoms with E-state index in [-0.39, 0.29) is 27.7 Å². The van der Waals surface area contributed by atoms with E-state index in [1.54, 1.807) is 72.8 Å². The average Bonchev–Trinajstić information content (AvgIpc) is 2.81. The minimum Gasteiger partial charge on any atom is -0.480 e. The Bertz CT molecular complexity index is 1210. The van der Waals surface area contributed by atoms with Crippen LogP contribution in [0.1, 0.15) is 21.5 Å². The maximum atomic E-state index is 12.5. The molecular weight excluding hydrogens is 481 g/mol. The summed E-state index contributed by atoms with van der Waals surface area (Å²) < 4.78 is 0. The number of aliphatic carboxylic acids is 1. The highest BCUT2D eigenvalue weighted by molar-refractivity contribution is 6.45. The first-order valence-corrected chi connectivity index (χ1v) is 10.7. The van der Waals surface area contributed by atoms with Gasteiger partial charge >= 0.3 is 5.97 Å². The molecule has 0 aromatic heterocycles. The molecule has 4 N–H and O–H groups in total. The van der Waals surface area contributed by atoms with Crippen molar-refractivity contribution in [3.63, 3.8) is 0 Å². The van der Waals surface area contributed by atoms with Gasteiger partial charge < -0.3 is 20.9 Å². The molecule has 2 amide bonds. The third-order valence-corrected chi connectivity index (χ3v) is 5.44. The fraction of sp³-hybridized carbons (Fsp3) is 0.0833. The zero-order valence-electron chi connectivity index (χ0n) is 17.5. The zero-order chi connectivity index (χ0) is 24.7. The number of carbonyl (C=O) groups excluding carboxylic acids is 2. The Morgan fingerprint density at radius 3 is 2.06 bits per heavy atom. The van der Waals surface area contributed by atoms with Crippen LogP contribution >= 0.6 is 23.2 Å². The number of anilines is 1. The number of hydrogen-bond acceptors (Lipinski definition) is 5. The molecule has 0 spiro atoms. The lowest BCUT2D eigenvalue weighted by molar-refractivity contribution is -0.141. The van der Waals surface area contributed by atoms with Gasteiger partial charge in [0.2, 0.25) is 0 Å². The molecule has 174 valence electrons. The first kappa shape index (κ1) is 24.8. The second-order valence-electron chi connectivity index (χ2n) is 7.13. The lowest BCUT2D eigenvalue weighted by Gasteiger charge is -2.15. The molecule has 0 aliphatic carbocycles. The van der Waals surface area contributed by atoms with Crippen molar-refractivity contribution in [1.29, 1.82) is 0 Å². The lowest BCUT2D eigenvalue weighted by atomic mass is 10.0. The van der Waals surface area contributed by atoms with Gasteiger partial charge in [-0.2, -0.15) is 0 Å². The molecule has 8 nitrogen and oxygen atoms in total. The number of nitrogens with one attached hydrogen (secondary N) is 2. The molecule has 0 radical (unpaired) electrons. The average molecular weight is 500 g/mol. The van der Waals surface area contributed by atoms with Gasteiger partial charge in [-0.1, -0.05) is 76.9 Å². The molecule has 0 saturated carbocycles. The topological polar surface area (TPSA) is 128 Å². The van der Waals surface area contributed by atoms with E-state index in [0.717, 1.165) is 0 Å². The van der Waals surface area contributed by atoms with Crippen LogP contribution in [0.2, 0.25) is 10.0 Å². The van der Waals surface area contributed by atoms with Crippen molar-refractivity contribution in [1.82, 2.24) is 5.32 Å². The smallest absolute Gasteiger partial charge is 0.326 e. The van der Waals surface area contributed by atoms with E-state index in [1.807, 2.05) is 0 Å². The van der Waals surface area contributed by atoms with E-state index >= 15 is 0 Å². The second kappa shape index (κ2) is 11.3. The van der Waals surface area contributed by atoms with Crippen molar-refractivity contribution in [2.24, 2.45) is 5.16 Å². The highest BCUT2D eigenvalue weighted by atomic mass is 35.5. The van der Waals surface area contributed by atoms with Crippen molar-refractivity contribution in [3.05, 3.63) is 99.5 Å². The van der Waals surface area contributed by atoms with Gasteiger partial charge in [0.25, 0.3) is 11.8 Å². The molecule has 0 fully saturated rings. The fourth-order valence-corrected chi connectivity index (χ4v) is 3.69. The number of rotatable bonds is 8. The standard InChI is InChI=1S/C24H19Cl2N3O5/c25-17-7-4-8-18(26)20(17)22(30)27-16-11-9-14(10-12-16)13-19(24(32)33)28-23(31)21(29-34)15-5-2-1-3-6-15/h1-12,19,34H,13H2,(H,27,30)(H,28,31)(H,32,33)/t19-/m0/s1. The summed E-state index contributed by atoms with van der Waals surface area (Å²) in [6, 6.07) is 18.0. The van der Waals surface area contributed by atoms with Crippen LogP contribution in [-0.2, 0) is 16.0 Å². The zero-order valence-corrected chi connectivity index (χ0v) is 19.0. The van der Waals surface area contributed by atoms with Crippen molar-refractivity contribution in [2.45, 2.75) is 12.5 Å². The molecule has 0 bridgehead atoms. The van der Waals surface area contributed by atoms with Crippen molar-refractivity contribution in [3.8, 4) is 0 Å². The van der Waals surface area contributed by atoms with Crippen LogP contribution in [0.4, 0.5) is 5.69 Å². The number of carbonyl (C=O) groups is 3. The van der Waals surface area contributed by atoms with Crippen LogP contribution in [0.3, 0.4) is 0 Å². The Labute approximate surface area is 204 Å². The first-order valence-electron chi connectivity index (χ1n) is 9.95. The molecule has 0 saturated heterocycles. The van der Waals surface area contributed by atoms with Gasteiger partial charge in [-0.15, -0.1) is 0 Å². The van der Waals surface area contributed by atoms with Crippen LogP contribution in [-0.4, -0.2) is 39.9 Å². The van der Waals surface area contributed by atoms with Gasteiger partial charge in [0.05, 0.1) is 15.6 Å². The van der Waals surface area contributed by atoms with Gasteiger partial charge in [0.15, 0.2) is 5.71 Å². The predicted octanol–water partition coefficient (Wildman–Crippen LogP) is 4.24. The van der Waals surface area contributed by atoms with E-state index in [9.17, 15) is 24.7 Å². The summed E-state index contributed by atoms with van der Waals surface area (Å²) in [5, 5.41) is 27.3. The van der Waals surface area contributed by atoms with Crippen LogP contribution in [0, 0.1) is 0 Å². The Morgan fingerprint density at radius 1 is 0.882 bits per heavy atom. The normalized spacial score (nSPS) is 12.0. The van der Waals surface area contributed by atoms with Crippen LogP contribution in [0.5, 0.6) is 0 Å². The minimum atomic E-state index is -1.28. The number of hydrogen-bond donors (Lipinski definition) is 4. The highest BCUT2D eigenvalue weighted by Gasteiger charge is 2.24. The fourth-order valence-electron chi connectivity index (χ4n) is 3.13. The SMILES string of the molecule is O=C(N[C@@H](Cc1ccc(NC(=O)c2c(Cl)cccc2Cl)cc1)C(=O)O)C(=NO)c1ccccc1. The molecule has 1 atom stereocenters. The van der Waals surface area contributed by atoms with Crippen LogP contribution < -0.4 is 10.6 Å². The van der Waals surface area contributed by atoms with E-state index in [1.165, 1.54) is 0 Å². The predicted molar refractivity (Wildman–Crippen MR) is 129 cm³/mol. The number of amides is 2.